The number of hydrogen-bond donors (Lipinski definition) is 1. The Kier molecular flexibility index (Phi) is 3.95. The summed E-state index contributed by atoms with van der Waals surface area (Å²) < 4.78 is 14.3. The molecule has 23 heavy (non-hydrogen) atoms. The largest absolute Gasteiger partial charge is 0.386 e. The van der Waals surface area contributed by atoms with Crippen LogP contribution in [-0.2, 0) is 10.2 Å². The second kappa shape index (κ2) is 5.92. The predicted octanol–water partition coefficient (Wildman–Crippen LogP) is 3.73. The fraction of sp³-hybridized carbons (Fsp3) is 0.111. The van der Waals surface area contributed by atoms with E-state index in [9.17, 15) is 19.6 Å². The molecule has 2 unspecified atom stereocenters. The quantitative estimate of drug-likeness (QED) is 0.743. The van der Waals surface area contributed by atoms with Gasteiger partial charge in [-0.2, -0.15) is 5.26 Å². The summed E-state index contributed by atoms with van der Waals surface area (Å²) in [6, 6.07) is 16.4. The van der Waals surface area contributed by atoms with Crippen molar-refractivity contribution >= 4 is 27.7 Å². The Morgan fingerprint density at radius 3 is 2.65 bits per heavy atom. The van der Waals surface area contributed by atoms with Crippen LogP contribution in [0.25, 0.3) is 10.1 Å². The van der Waals surface area contributed by atoms with E-state index < -0.39 is 17.3 Å². The van der Waals surface area contributed by atoms with Gasteiger partial charge in [0.25, 0.3) is 0 Å². The van der Waals surface area contributed by atoms with Gasteiger partial charge in [-0.05, 0) is 35.2 Å². The Labute approximate surface area is 136 Å². The molecule has 3 nitrogen and oxygen atoms in total. The average Bonchev–Trinajstić information content (AvgIpc) is 3.00. The highest BCUT2D eigenvalue weighted by atomic mass is 32.1. The van der Waals surface area contributed by atoms with Gasteiger partial charge in [-0.1, -0.05) is 30.3 Å². The second-order valence-corrected chi connectivity index (χ2v) is 6.29. The molecule has 0 saturated carbocycles. The lowest BCUT2D eigenvalue weighted by molar-refractivity contribution is -0.114. The molecule has 3 rings (SSSR count). The number of rotatable bonds is 4. The van der Waals surface area contributed by atoms with Gasteiger partial charge >= 0.3 is 0 Å². The van der Waals surface area contributed by atoms with Gasteiger partial charge in [0.15, 0.2) is 5.41 Å². The summed E-state index contributed by atoms with van der Waals surface area (Å²) in [5.41, 5.74) is -1.58. The highest BCUT2D eigenvalue weighted by Crippen LogP contribution is 2.41. The van der Waals surface area contributed by atoms with E-state index in [1.807, 2.05) is 30.3 Å². The Hall–Kier alpha value is -2.55. The molecule has 1 heterocycles. The zero-order valence-electron chi connectivity index (χ0n) is 11.9. The third-order valence-corrected chi connectivity index (χ3v) is 5.07. The van der Waals surface area contributed by atoms with Gasteiger partial charge in [0.05, 0.1) is 6.07 Å². The first-order chi connectivity index (χ1) is 11.1. The molecule has 0 saturated heterocycles. The standard InChI is InChI=1S/C18H12FNO2S/c19-14-6-3-5-13(8-14)17(22)18(10-20,11-21)16-9-12-4-1-2-7-15(12)23-16/h1-9,11,17,22H. The number of benzene rings is 2. The number of nitriles is 1. The van der Waals surface area contributed by atoms with Crippen molar-refractivity contribution in [1.82, 2.24) is 0 Å². The van der Waals surface area contributed by atoms with Crippen LogP contribution in [0.15, 0.2) is 54.6 Å². The van der Waals surface area contributed by atoms with Gasteiger partial charge in [-0.15, -0.1) is 11.3 Å². The zero-order chi connectivity index (χ0) is 16.4. The highest BCUT2D eigenvalue weighted by molar-refractivity contribution is 7.19. The van der Waals surface area contributed by atoms with E-state index in [1.165, 1.54) is 29.5 Å². The number of aldehydes is 1. The summed E-state index contributed by atoms with van der Waals surface area (Å²) in [5.74, 6) is -0.532. The van der Waals surface area contributed by atoms with E-state index in [0.29, 0.717) is 11.2 Å². The summed E-state index contributed by atoms with van der Waals surface area (Å²) >= 11 is 1.27. The van der Waals surface area contributed by atoms with Crippen molar-refractivity contribution in [2.75, 3.05) is 0 Å². The molecule has 0 radical (unpaired) electrons. The first-order valence-corrected chi connectivity index (χ1v) is 7.72. The van der Waals surface area contributed by atoms with Crippen molar-refractivity contribution in [2.24, 2.45) is 0 Å². The Bertz CT molecular complexity index is 882. The molecule has 0 aliphatic carbocycles. The van der Waals surface area contributed by atoms with Gasteiger partial charge in [0.1, 0.15) is 18.2 Å². The van der Waals surface area contributed by atoms with E-state index >= 15 is 0 Å². The SMILES string of the molecule is N#CC(C=O)(c1cc2ccccc2s1)C(O)c1cccc(F)c1. The Morgan fingerprint density at radius 1 is 1.22 bits per heavy atom. The molecule has 0 bridgehead atoms. The van der Waals surface area contributed by atoms with Crippen LogP contribution in [0.1, 0.15) is 16.5 Å². The van der Waals surface area contributed by atoms with Gasteiger partial charge < -0.3 is 9.90 Å². The van der Waals surface area contributed by atoms with E-state index in [4.69, 9.17) is 0 Å². The van der Waals surface area contributed by atoms with E-state index in [0.717, 1.165) is 16.2 Å². The molecule has 5 heteroatoms. The summed E-state index contributed by atoms with van der Waals surface area (Å²) in [6.45, 7) is 0. The number of carbonyl (C=O) groups excluding carboxylic acids is 1. The molecule has 0 amide bonds. The van der Waals surface area contributed by atoms with Crippen molar-refractivity contribution in [1.29, 1.82) is 5.26 Å². The molecular formula is C18H12FNO2S. The number of nitrogens with zero attached hydrogens (tertiary/aromatic N) is 1. The van der Waals surface area contributed by atoms with Crippen LogP contribution in [-0.4, -0.2) is 11.4 Å². The fourth-order valence-electron chi connectivity index (χ4n) is 2.53. The molecule has 1 N–H and O–H groups in total. The van der Waals surface area contributed by atoms with Crippen LogP contribution in [0, 0.1) is 17.1 Å². The maximum atomic E-state index is 13.4. The van der Waals surface area contributed by atoms with Gasteiger partial charge in [-0.25, -0.2) is 4.39 Å². The monoisotopic (exact) mass is 325 g/mol. The normalized spacial score (nSPS) is 14.8. The minimum Gasteiger partial charge on any atom is -0.386 e. The van der Waals surface area contributed by atoms with E-state index in [1.54, 1.807) is 6.07 Å². The van der Waals surface area contributed by atoms with Crippen LogP contribution in [0.5, 0.6) is 0 Å². The van der Waals surface area contributed by atoms with Crippen molar-refractivity contribution in [3.63, 3.8) is 0 Å². The minimum absolute atomic E-state index is 0.191. The predicted molar refractivity (Wildman–Crippen MR) is 86.5 cm³/mol. The van der Waals surface area contributed by atoms with E-state index in [-0.39, 0.29) is 5.56 Å². The summed E-state index contributed by atoms with van der Waals surface area (Å²) in [7, 11) is 0. The summed E-state index contributed by atoms with van der Waals surface area (Å²) in [4.78, 5) is 12.2. The maximum absolute atomic E-state index is 13.4. The lowest BCUT2D eigenvalue weighted by Crippen LogP contribution is -2.33. The third kappa shape index (κ3) is 2.52. The summed E-state index contributed by atoms with van der Waals surface area (Å²) in [6.07, 6.45) is -1.01. The lowest BCUT2D eigenvalue weighted by Gasteiger charge is -2.25. The first-order valence-electron chi connectivity index (χ1n) is 6.91. The van der Waals surface area contributed by atoms with Crippen LogP contribution >= 0.6 is 11.3 Å². The van der Waals surface area contributed by atoms with Gasteiger partial charge in [0, 0.05) is 9.58 Å². The van der Waals surface area contributed by atoms with Crippen molar-refractivity contribution in [3.8, 4) is 6.07 Å². The van der Waals surface area contributed by atoms with Crippen LogP contribution in [0.2, 0.25) is 0 Å². The smallest absolute Gasteiger partial charge is 0.176 e. The fourth-order valence-corrected chi connectivity index (χ4v) is 3.71. The van der Waals surface area contributed by atoms with Crippen molar-refractivity contribution < 1.29 is 14.3 Å². The Morgan fingerprint density at radius 2 is 2.00 bits per heavy atom. The molecule has 2 aromatic carbocycles. The number of thiophene rings is 1. The third-order valence-electron chi connectivity index (χ3n) is 3.80. The number of aliphatic hydroxyl groups excluding tert-OH is 1. The van der Waals surface area contributed by atoms with Crippen molar-refractivity contribution in [2.45, 2.75) is 11.5 Å². The maximum Gasteiger partial charge on any atom is 0.176 e. The molecular weight excluding hydrogens is 313 g/mol. The number of carbonyl (C=O) groups is 1. The van der Waals surface area contributed by atoms with Gasteiger partial charge in [-0.3, -0.25) is 0 Å². The topological polar surface area (TPSA) is 61.1 Å². The zero-order valence-corrected chi connectivity index (χ0v) is 12.8. The summed E-state index contributed by atoms with van der Waals surface area (Å²) in [5, 5.41) is 21.1. The minimum atomic E-state index is -1.77. The molecule has 114 valence electrons. The Balaban J connectivity index is 2.16. The van der Waals surface area contributed by atoms with Crippen LogP contribution in [0.3, 0.4) is 0 Å². The average molecular weight is 325 g/mol. The molecule has 2 atom stereocenters. The molecule has 3 aromatic rings. The number of aliphatic hydroxyl groups is 1. The lowest BCUT2D eigenvalue weighted by atomic mass is 9.80. The van der Waals surface area contributed by atoms with Crippen LogP contribution < -0.4 is 0 Å². The molecule has 0 aliphatic heterocycles. The first kappa shape index (κ1) is 15.3. The van der Waals surface area contributed by atoms with E-state index in [2.05, 4.69) is 0 Å². The van der Waals surface area contributed by atoms with Gasteiger partial charge in [0.2, 0.25) is 0 Å². The molecule has 1 aromatic heterocycles. The number of fused-ring (bicyclic) bond motifs is 1. The van der Waals surface area contributed by atoms with Crippen LogP contribution in [0.4, 0.5) is 4.39 Å². The number of hydrogen-bond acceptors (Lipinski definition) is 4. The number of halogens is 1. The second-order valence-electron chi connectivity index (χ2n) is 5.20. The highest BCUT2D eigenvalue weighted by Gasteiger charge is 2.42. The molecule has 0 fully saturated rings. The molecule has 0 spiro atoms. The molecule has 0 aliphatic rings. The van der Waals surface area contributed by atoms with Crippen molar-refractivity contribution in [3.05, 3.63) is 70.9 Å².